The Kier molecular flexibility index (Phi) is 2.71. The molecule has 0 aliphatic rings. The van der Waals surface area contributed by atoms with Crippen LogP contribution in [0.3, 0.4) is 0 Å². The van der Waals surface area contributed by atoms with Crippen molar-refractivity contribution in [3.05, 3.63) is 33.7 Å². The molecule has 0 atom stereocenters. The number of nitrogens with zero attached hydrogens (tertiary/aromatic N) is 1. The van der Waals surface area contributed by atoms with E-state index in [-0.39, 0.29) is 16.5 Å². The van der Waals surface area contributed by atoms with Gasteiger partial charge in [-0.2, -0.15) is 0 Å². The summed E-state index contributed by atoms with van der Waals surface area (Å²) < 4.78 is 1.48. The van der Waals surface area contributed by atoms with Crippen LogP contribution in [0.25, 0.3) is 0 Å². The third-order valence-electron chi connectivity index (χ3n) is 2.28. The van der Waals surface area contributed by atoms with Gasteiger partial charge in [-0.25, -0.2) is 4.79 Å². The zero-order valence-corrected chi connectivity index (χ0v) is 9.37. The predicted octanol–water partition coefficient (Wildman–Crippen LogP) is 1.38. The monoisotopic (exact) mass is 209 g/mol. The summed E-state index contributed by atoms with van der Waals surface area (Å²) in [6, 6.07) is 2.68. The summed E-state index contributed by atoms with van der Waals surface area (Å²) in [6.07, 6.45) is 0. The van der Waals surface area contributed by atoms with Gasteiger partial charge in [-0.3, -0.25) is 4.79 Å². The van der Waals surface area contributed by atoms with Gasteiger partial charge in [0.2, 0.25) is 0 Å². The third kappa shape index (κ3) is 2.26. The Morgan fingerprint density at radius 1 is 1.33 bits per heavy atom. The topological polar surface area (TPSA) is 59.3 Å². The second-order valence-corrected chi connectivity index (χ2v) is 4.58. The van der Waals surface area contributed by atoms with Crippen molar-refractivity contribution in [2.24, 2.45) is 7.05 Å². The number of aromatic carboxylic acids is 1. The largest absolute Gasteiger partial charge is 0.478 e. The molecule has 0 saturated carbocycles. The summed E-state index contributed by atoms with van der Waals surface area (Å²) in [7, 11) is 1.65. The molecule has 0 spiro atoms. The molecule has 0 aromatic carbocycles. The first-order valence-electron chi connectivity index (χ1n) is 4.68. The van der Waals surface area contributed by atoms with Gasteiger partial charge < -0.3 is 9.67 Å². The van der Waals surface area contributed by atoms with E-state index >= 15 is 0 Å². The van der Waals surface area contributed by atoms with Crippen molar-refractivity contribution in [1.82, 2.24) is 4.57 Å². The minimum Gasteiger partial charge on any atom is -0.478 e. The molecule has 0 unspecified atom stereocenters. The van der Waals surface area contributed by atoms with Crippen LogP contribution < -0.4 is 5.56 Å². The van der Waals surface area contributed by atoms with E-state index in [1.807, 2.05) is 20.8 Å². The number of hydrogen-bond acceptors (Lipinski definition) is 2. The first-order valence-corrected chi connectivity index (χ1v) is 4.68. The Bertz CT molecular complexity index is 452. The van der Waals surface area contributed by atoms with Crippen LogP contribution in [0.1, 0.15) is 36.8 Å². The highest BCUT2D eigenvalue weighted by Crippen LogP contribution is 2.21. The van der Waals surface area contributed by atoms with Crippen molar-refractivity contribution >= 4 is 5.97 Å². The number of carboxylic acid groups (broad SMARTS) is 1. The number of hydrogen-bond donors (Lipinski definition) is 1. The van der Waals surface area contributed by atoms with E-state index in [4.69, 9.17) is 5.11 Å². The van der Waals surface area contributed by atoms with E-state index in [9.17, 15) is 9.59 Å². The fourth-order valence-electron chi connectivity index (χ4n) is 1.48. The van der Waals surface area contributed by atoms with Crippen molar-refractivity contribution < 1.29 is 9.90 Å². The Labute approximate surface area is 88.2 Å². The maximum absolute atomic E-state index is 11.5. The van der Waals surface area contributed by atoms with Crippen LogP contribution in [0, 0.1) is 0 Å². The smallest absolute Gasteiger partial charge is 0.335 e. The van der Waals surface area contributed by atoms with Crippen molar-refractivity contribution in [3.8, 4) is 0 Å². The lowest BCUT2D eigenvalue weighted by molar-refractivity contribution is 0.0696. The van der Waals surface area contributed by atoms with Crippen molar-refractivity contribution in [2.45, 2.75) is 26.2 Å². The lowest BCUT2D eigenvalue weighted by atomic mass is 9.90. The highest BCUT2D eigenvalue weighted by Gasteiger charge is 2.19. The normalized spacial score (nSPS) is 11.5. The summed E-state index contributed by atoms with van der Waals surface area (Å²) >= 11 is 0. The zero-order valence-electron chi connectivity index (χ0n) is 9.37. The Morgan fingerprint density at radius 2 is 1.87 bits per heavy atom. The van der Waals surface area contributed by atoms with Gasteiger partial charge in [-0.1, -0.05) is 20.8 Å². The number of carbonyl (C=O) groups is 1. The summed E-state index contributed by atoms with van der Waals surface area (Å²) in [5.41, 5.74) is 0.217. The summed E-state index contributed by atoms with van der Waals surface area (Å²) in [6.45, 7) is 5.81. The van der Waals surface area contributed by atoms with E-state index < -0.39 is 5.97 Å². The summed E-state index contributed by atoms with van der Waals surface area (Å²) in [5, 5.41) is 8.84. The maximum atomic E-state index is 11.5. The van der Waals surface area contributed by atoms with Gasteiger partial charge in [0, 0.05) is 24.2 Å². The molecule has 0 saturated heterocycles. The average molecular weight is 209 g/mol. The highest BCUT2D eigenvalue weighted by molar-refractivity contribution is 5.87. The number of pyridine rings is 1. The van der Waals surface area contributed by atoms with Crippen molar-refractivity contribution in [2.75, 3.05) is 0 Å². The molecule has 0 aliphatic heterocycles. The van der Waals surface area contributed by atoms with Gasteiger partial charge in [0.15, 0.2) is 0 Å². The molecule has 0 aliphatic carbocycles. The Balaban J connectivity index is 3.52. The maximum Gasteiger partial charge on any atom is 0.335 e. The third-order valence-corrected chi connectivity index (χ3v) is 2.28. The van der Waals surface area contributed by atoms with Crippen LogP contribution in [0.5, 0.6) is 0 Å². The van der Waals surface area contributed by atoms with Crippen LogP contribution in [0.4, 0.5) is 0 Å². The average Bonchev–Trinajstić information content (AvgIpc) is 2.06. The molecule has 1 aromatic rings. The van der Waals surface area contributed by atoms with E-state index in [0.717, 1.165) is 6.07 Å². The molecule has 4 nitrogen and oxygen atoms in total. The minimum atomic E-state index is -1.07. The Morgan fingerprint density at radius 3 is 2.27 bits per heavy atom. The van der Waals surface area contributed by atoms with E-state index in [0.29, 0.717) is 5.69 Å². The molecule has 0 radical (unpaired) electrons. The first-order chi connectivity index (χ1) is 6.73. The summed E-state index contributed by atoms with van der Waals surface area (Å²) in [5.74, 6) is -1.07. The van der Waals surface area contributed by atoms with Gasteiger partial charge in [0.25, 0.3) is 5.56 Å². The molecule has 82 valence electrons. The molecule has 0 fully saturated rings. The highest BCUT2D eigenvalue weighted by atomic mass is 16.4. The van der Waals surface area contributed by atoms with Crippen LogP contribution in [-0.4, -0.2) is 15.6 Å². The number of carboxylic acids is 1. The second kappa shape index (κ2) is 3.53. The lowest BCUT2D eigenvalue weighted by Gasteiger charge is -2.22. The molecule has 15 heavy (non-hydrogen) atoms. The molecule has 1 N–H and O–H groups in total. The van der Waals surface area contributed by atoms with E-state index in [1.54, 1.807) is 13.1 Å². The Hall–Kier alpha value is -1.58. The number of rotatable bonds is 1. The van der Waals surface area contributed by atoms with Crippen LogP contribution >= 0.6 is 0 Å². The summed E-state index contributed by atoms with van der Waals surface area (Å²) in [4.78, 5) is 22.3. The fourth-order valence-corrected chi connectivity index (χ4v) is 1.48. The van der Waals surface area contributed by atoms with Gasteiger partial charge >= 0.3 is 5.97 Å². The fraction of sp³-hybridized carbons (Fsp3) is 0.455. The molecule has 0 bridgehead atoms. The molecule has 0 amide bonds. The predicted molar refractivity (Wildman–Crippen MR) is 57.3 cm³/mol. The lowest BCUT2D eigenvalue weighted by Crippen LogP contribution is -2.28. The van der Waals surface area contributed by atoms with Crippen molar-refractivity contribution in [3.63, 3.8) is 0 Å². The first kappa shape index (κ1) is 11.5. The van der Waals surface area contributed by atoms with Gasteiger partial charge in [-0.05, 0) is 6.07 Å². The quantitative estimate of drug-likeness (QED) is 0.760. The number of aromatic nitrogens is 1. The van der Waals surface area contributed by atoms with Crippen LogP contribution in [0.2, 0.25) is 0 Å². The minimum absolute atomic E-state index is 0.0445. The standard InChI is InChI=1S/C11H15NO3/c1-11(2,3)8-5-7(10(14)15)6-9(13)12(8)4/h5-6H,1-4H3,(H,14,15). The molecular weight excluding hydrogens is 194 g/mol. The zero-order chi connectivity index (χ0) is 11.8. The molecule has 4 heteroatoms. The van der Waals surface area contributed by atoms with Gasteiger partial charge in [0.1, 0.15) is 0 Å². The van der Waals surface area contributed by atoms with Crippen LogP contribution in [-0.2, 0) is 12.5 Å². The molecule has 1 heterocycles. The van der Waals surface area contributed by atoms with E-state index in [1.165, 1.54) is 4.57 Å². The molecule has 1 aromatic heterocycles. The van der Waals surface area contributed by atoms with Crippen molar-refractivity contribution in [1.29, 1.82) is 0 Å². The van der Waals surface area contributed by atoms with Crippen LogP contribution in [0.15, 0.2) is 16.9 Å². The second-order valence-electron chi connectivity index (χ2n) is 4.58. The molecule has 1 rings (SSSR count). The van der Waals surface area contributed by atoms with E-state index in [2.05, 4.69) is 0 Å². The molecular formula is C11H15NO3. The van der Waals surface area contributed by atoms with Gasteiger partial charge in [-0.15, -0.1) is 0 Å². The van der Waals surface area contributed by atoms with Gasteiger partial charge in [0.05, 0.1) is 5.56 Å². The SMILES string of the molecule is Cn1c(C(C)(C)C)cc(C(=O)O)cc1=O.